The number of allylic oxidation sites excluding steroid dienone is 1. The molecular weight excluding hydrogens is 540 g/mol. The van der Waals surface area contributed by atoms with Crippen LogP contribution in [0.1, 0.15) is 34.0 Å². The van der Waals surface area contributed by atoms with Gasteiger partial charge in [-0.25, -0.2) is 0 Å². The highest BCUT2D eigenvalue weighted by atomic mass is 19.4. The molecule has 1 aliphatic heterocycles. The Morgan fingerprint density at radius 3 is 2.42 bits per heavy atom. The van der Waals surface area contributed by atoms with Crippen LogP contribution >= 0.6 is 0 Å². The number of hydrogen-bond acceptors (Lipinski definition) is 5. The molecule has 1 fully saturated rings. The molecule has 1 amide bonds. The van der Waals surface area contributed by atoms with Gasteiger partial charge in [-0.05, 0) is 43.2 Å². The first-order chi connectivity index (χ1) is 18.9. The molecule has 1 aliphatic rings. The number of fused-ring (bicyclic) bond motifs is 1. The average Bonchev–Trinajstić information content (AvgIpc) is 3.30. The number of benzene rings is 2. The van der Waals surface area contributed by atoms with Crippen molar-refractivity contribution in [1.82, 2.24) is 20.3 Å². The summed E-state index contributed by atoms with van der Waals surface area (Å²) in [4.78, 5) is 25.2. The minimum absolute atomic E-state index is 0.0193. The number of piperazine rings is 1. The van der Waals surface area contributed by atoms with Crippen LogP contribution in [0.2, 0.25) is 0 Å². The van der Waals surface area contributed by atoms with Crippen molar-refractivity contribution in [2.24, 2.45) is 5.73 Å². The third-order valence-electron chi connectivity index (χ3n) is 6.57. The summed E-state index contributed by atoms with van der Waals surface area (Å²) in [6, 6.07) is 7.93. The fourth-order valence-electron chi connectivity index (χ4n) is 4.76. The van der Waals surface area contributed by atoms with E-state index in [1.54, 1.807) is 19.3 Å². The summed E-state index contributed by atoms with van der Waals surface area (Å²) in [5.41, 5.74) is 6.85. The second kappa shape index (κ2) is 11.8. The van der Waals surface area contributed by atoms with Crippen molar-refractivity contribution in [3.05, 3.63) is 82.8 Å². The van der Waals surface area contributed by atoms with Crippen molar-refractivity contribution in [1.29, 1.82) is 0 Å². The zero-order valence-electron chi connectivity index (χ0n) is 21.6. The molecule has 7 nitrogen and oxygen atoms in total. The van der Waals surface area contributed by atoms with Gasteiger partial charge in [-0.15, -0.1) is 0 Å². The van der Waals surface area contributed by atoms with Gasteiger partial charge >= 0.3 is 12.4 Å². The largest absolute Gasteiger partial charge is 0.416 e. The molecule has 2 heterocycles. The lowest BCUT2D eigenvalue weighted by Gasteiger charge is -2.41. The second-order valence-electron chi connectivity index (χ2n) is 9.56. The lowest BCUT2D eigenvalue weighted by atomic mass is 9.99. The number of hydroxylamine groups is 1. The molecular formula is C27H29F6N5O2. The average molecular weight is 570 g/mol. The Bertz CT molecular complexity index is 1340. The van der Waals surface area contributed by atoms with Crippen LogP contribution in [0.25, 0.3) is 10.9 Å². The number of aromatic amines is 1. The molecule has 1 saturated heterocycles. The maximum atomic E-state index is 13.6. The number of aromatic nitrogens is 1. The highest BCUT2D eigenvalue weighted by Crippen LogP contribution is 2.37. The van der Waals surface area contributed by atoms with Gasteiger partial charge in [0, 0.05) is 55.0 Å². The molecule has 0 bridgehead atoms. The topological polar surface area (TPSA) is 86.6 Å². The number of nitrogens with two attached hydrogens (primary N) is 1. The fraction of sp³-hybridized carbons (Fsp3) is 0.370. The zero-order chi connectivity index (χ0) is 29.1. The highest BCUT2D eigenvalue weighted by molar-refractivity contribution is 5.95. The molecule has 4 N–H and O–H groups in total. The van der Waals surface area contributed by atoms with E-state index in [0.29, 0.717) is 37.3 Å². The van der Waals surface area contributed by atoms with Gasteiger partial charge < -0.3 is 20.5 Å². The van der Waals surface area contributed by atoms with E-state index in [9.17, 15) is 31.1 Å². The first-order valence-electron chi connectivity index (χ1n) is 12.5. The van der Waals surface area contributed by atoms with Crippen molar-refractivity contribution in [3.63, 3.8) is 0 Å². The van der Waals surface area contributed by atoms with Gasteiger partial charge in [-0.1, -0.05) is 18.2 Å². The molecule has 4 rings (SSSR count). The molecule has 1 atom stereocenters. The third-order valence-corrected chi connectivity index (χ3v) is 6.57. The Labute approximate surface area is 226 Å². The summed E-state index contributed by atoms with van der Waals surface area (Å²) in [6.45, 7) is 3.04. The fourth-order valence-corrected chi connectivity index (χ4v) is 4.76. The van der Waals surface area contributed by atoms with Gasteiger partial charge in [0.15, 0.2) is 0 Å². The van der Waals surface area contributed by atoms with Gasteiger partial charge in [-0.2, -0.15) is 26.3 Å². The van der Waals surface area contributed by atoms with Crippen LogP contribution in [0.3, 0.4) is 0 Å². The van der Waals surface area contributed by atoms with Gasteiger partial charge in [0.2, 0.25) is 0 Å². The number of hydrogen-bond donors (Lipinski definition) is 3. The van der Waals surface area contributed by atoms with Gasteiger partial charge in [0.25, 0.3) is 5.91 Å². The van der Waals surface area contributed by atoms with Gasteiger partial charge in [-0.3, -0.25) is 15.1 Å². The Kier molecular flexibility index (Phi) is 8.64. The standard InChI is InChI=1S/C27H29F6N5O2/c1-17(36-40-9-6-34)15-37-7-8-38(22(16-37)12-19-14-35-24-5-3-2-4-23(19)24)25(39)18-10-20(26(28,29)30)13-21(11-18)27(31,32)33/h2-5,10-11,13-15,22,35-36H,6-9,12,16,34H2,1H3/t22-/m1/s1. The van der Waals surface area contributed by atoms with Crippen LogP contribution in [-0.2, 0) is 23.6 Å². The summed E-state index contributed by atoms with van der Waals surface area (Å²) in [6.07, 6.45) is -6.21. The minimum atomic E-state index is -5.06. The lowest BCUT2D eigenvalue weighted by molar-refractivity contribution is -0.143. The first kappa shape index (κ1) is 29.3. The van der Waals surface area contributed by atoms with E-state index < -0.39 is 41.0 Å². The molecule has 1 aromatic heterocycles. The monoisotopic (exact) mass is 569 g/mol. The number of H-pyrrole nitrogens is 1. The van der Waals surface area contributed by atoms with Crippen LogP contribution in [0.5, 0.6) is 0 Å². The smallest absolute Gasteiger partial charge is 0.372 e. The highest BCUT2D eigenvalue weighted by Gasteiger charge is 2.39. The van der Waals surface area contributed by atoms with Crippen molar-refractivity contribution in [3.8, 4) is 0 Å². The molecule has 0 spiro atoms. The van der Waals surface area contributed by atoms with E-state index in [1.165, 1.54) is 4.90 Å². The maximum Gasteiger partial charge on any atom is 0.416 e. The van der Waals surface area contributed by atoms with E-state index in [2.05, 4.69) is 10.5 Å². The van der Waals surface area contributed by atoms with Gasteiger partial charge in [0.05, 0.1) is 29.5 Å². The third kappa shape index (κ3) is 6.89. The molecule has 2 aromatic carbocycles. The quantitative estimate of drug-likeness (QED) is 0.204. The van der Waals surface area contributed by atoms with E-state index in [1.807, 2.05) is 29.2 Å². The number of nitrogens with zero attached hydrogens (tertiary/aromatic N) is 2. The number of amides is 1. The lowest BCUT2D eigenvalue weighted by Crippen LogP contribution is -2.54. The van der Waals surface area contributed by atoms with Crippen molar-refractivity contribution in [2.75, 3.05) is 32.8 Å². The molecule has 3 aromatic rings. The predicted molar refractivity (Wildman–Crippen MR) is 137 cm³/mol. The van der Waals surface area contributed by atoms with Crippen LogP contribution in [-0.4, -0.2) is 59.5 Å². The van der Waals surface area contributed by atoms with Crippen molar-refractivity contribution < 1.29 is 36.0 Å². The molecule has 13 heteroatoms. The number of halogens is 6. The van der Waals surface area contributed by atoms with E-state index in [-0.39, 0.29) is 25.8 Å². The first-order valence-corrected chi connectivity index (χ1v) is 12.5. The van der Waals surface area contributed by atoms with Crippen LogP contribution in [0.4, 0.5) is 26.3 Å². The van der Waals surface area contributed by atoms with Crippen LogP contribution in [0.15, 0.2) is 60.6 Å². The summed E-state index contributed by atoms with van der Waals surface area (Å²) in [5, 5.41) is 0.911. The molecule has 40 heavy (non-hydrogen) atoms. The van der Waals surface area contributed by atoms with Gasteiger partial charge in [0.1, 0.15) is 0 Å². The SMILES string of the molecule is CC(=CN1CCN(C(=O)c2cc(C(F)(F)F)cc(C(F)(F)F)c2)[C@H](Cc2c[nH]c3ccccc23)C1)NOCCN. The number of rotatable bonds is 8. The summed E-state index contributed by atoms with van der Waals surface area (Å²) >= 11 is 0. The van der Waals surface area contributed by atoms with Crippen molar-refractivity contribution in [2.45, 2.75) is 31.7 Å². The molecule has 216 valence electrons. The molecule has 0 saturated carbocycles. The van der Waals surface area contributed by atoms with Crippen molar-refractivity contribution >= 4 is 16.8 Å². The predicted octanol–water partition coefficient (Wildman–Crippen LogP) is 4.92. The van der Waals surface area contributed by atoms with E-state index in [0.717, 1.165) is 16.5 Å². The Morgan fingerprint density at radius 2 is 1.77 bits per heavy atom. The second-order valence-corrected chi connectivity index (χ2v) is 9.56. The Balaban J connectivity index is 1.67. The number of alkyl halides is 6. The summed E-state index contributed by atoms with van der Waals surface area (Å²) < 4.78 is 80.8. The normalized spacial score (nSPS) is 17.0. The minimum Gasteiger partial charge on any atom is -0.372 e. The number of para-hydroxylation sites is 1. The molecule has 0 radical (unpaired) electrons. The van der Waals surface area contributed by atoms with E-state index >= 15 is 0 Å². The number of carbonyl (C=O) groups is 1. The van der Waals surface area contributed by atoms with Crippen LogP contribution in [0, 0.1) is 0 Å². The number of carbonyl (C=O) groups excluding carboxylic acids is 1. The zero-order valence-corrected chi connectivity index (χ0v) is 21.6. The van der Waals surface area contributed by atoms with E-state index in [4.69, 9.17) is 10.6 Å². The number of nitrogens with one attached hydrogen (secondary N) is 2. The molecule has 0 aliphatic carbocycles. The Morgan fingerprint density at radius 1 is 1.10 bits per heavy atom. The Hall–Kier alpha value is -3.71. The summed E-state index contributed by atoms with van der Waals surface area (Å²) in [7, 11) is 0. The maximum absolute atomic E-state index is 13.6. The molecule has 0 unspecified atom stereocenters. The summed E-state index contributed by atoms with van der Waals surface area (Å²) in [5.74, 6) is -0.897. The van der Waals surface area contributed by atoms with Crippen LogP contribution < -0.4 is 11.2 Å².